The zero-order valence-corrected chi connectivity index (χ0v) is 9.77. The second-order valence-corrected chi connectivity index (χ2v) is 4.32. The number of pyridine rings is 1. The molecule has 0 amide bonds. The second-order valence-electron chi connectivity index (χ2n) is 4.32. The molecular formula is C15H14N2. The fourth-order valence-electron chi connectivity index (χ4n) is 2.12. The first-order valence-corrected chi connectivity index (χ1v) is 5.85. The second kappa shape index (κ2) is 3.74. The van der Waals surface area contributed by atoms with Crippen molar-refractivity contribution in [1.82, 2.24) is 4.98 Å². The molecule has 0 fully saturated rings. The summed E-state index contributed by atoms with van der Waals surface area (Å²) in [6.45, 7) is 2.16. The maximum absolute atomic E-state index is 5.79. The van der Waals surface area contributed by atoms with Gasteiger partial charge in [-0.25, -0.2) is 4.98 Å². The third-order valence-corrected chi connectivity index (χ3v) is 3.11. The number of anilines is 1. The van der Waals surface area contributed by atoms with Crippen molar-refractivity contribution in [2.24, 2.45) is 0 Å². The molecule has 0 atom stereocenters. The molecule has 0 unspecified atom stereocenters. The molecule has 2 aromatic carbocycles. The van der Waals surface area contributed by atoms with Gasteiger partial charge in [-0.05, 0) is 42.3 Å². The van der Waals surface area contributed by atoms with Gasteiger partial charge in [0.05, 0.1) is 11.0 Å². The van der Waals surface area contributed by atoms with Crippen LogP contribution in [0, 0.1) is 0 Å². The molecule has 3 aromatic rings. The van der Waals surface area contributed by atoms with Gasteiger partial charge in [-0.3, -0.25) is 0 Å². The SMILES string of the molecule is CCc1ccc2cc3cc(N)ccc3nc2c1. The molecule has 17 heavy (non-hydrogen) atoms. The predicted molar refractivity (Wildman–Crippen MR) is 73.0 cm³/mol. The van der Waals surface area contributed by atoms with E-state index in [1.807, 2.05) is 18.2 Å². The molecule has 0 bridgehead atoms. The van der Waals surface area contributed by atoms with Crippen molar-refractivity contribution >= 4 is 27.5 Å². The van der Waals surface area contributed by atoms with Gasteiger partial charge < -0.3 is 5.73 Å². The highest BCUT2D eigenvalue weighted by molar-refractivity contribution is 5.94. The van der Waals surface area contributed by atoms with Crippen LogP contribution in [-0.2, 0) is 6.42 Å². The average Bonchev–Trinajstić information content (AvgIpc) is 2.35. The van der Waals surface area contributed by atoms with Crippen LogP contribution in [0.15, 0.2) is 42.5 Å². The lowest BCUT2D eigenvalue weighted by Crippen LogP contribution is -1.88. The van der Waals surface area contributed by atoms with Gasteiger partial charge in [0.25, 0.3) is 0 Å². The van der Waals surface area contributed by atoms with E-state index in [4.69, 9.17) is 5.73 Å². The van der Waals surface area contributed by atoms with E-state index < -0.39 is 0 Å². The summed E-state index contributed by atoms with van der Waals surface area (Å²) < 4.78 is 0. The highest BCUT2D eigenvalue weighted by Gasteiger charge is 2.01. The third kappa shape index (κ3) is 1.72. The number of aromatic nitrogens is 1. The van der Waals surface area contributed by atoms with Crippen LogP contribution in [0.25, 0.3) is 21.8 Å². The summed E-state index contributed by atoms with van der Waals surface area (Å²) in [7, 11) is 0. The summed E-state index contributed by atoms with van der Waals surface area (Å²) in [6.07, 6.45) is 1.04. The monoisotopic (exact) mass is 222 g/mol. The molecule has 0 aliphatic heterocycles. The summed E-state index contributed by atoms with van der Waals surface area (Å²) in [6, 6.07) is 14.4. The molecule has 0 radical (unpaired) electrons. The highest BCUT2D eigenvalue weighted by Crippen LogP contribution is 2.22. The van der Waals surface area contributed by atoms with Crippen molar-refractivity contribution in [2.45, 2.75) is 13.3 Å². The largest absolute Gasteiger partial charge is 0.399 e. The summed E-state index contributed by atoms with van der Waals surface area (Å²) in [5.41, 5.74) is 9.94. The van der Waals surface area contributed by atoms with Crippen LogP contribution in [0.4, 0.5) is 5.69 Å². The standard InChI is InChI=1S/C15H14N2/c1-2-10-3-4-11-8-12-9-13(16)5-6-14(12)17-15(11)7-10/h3-9H,2,16H2,1H3. The average molecular weight is 222 g/mol. The Balaban J connectivity index is 2.35. The minimum absolute atomic E-state index is 0.781. The Morgan fingerprint density at radius 1 is 0.941 bits per heavy atom. The number of benzene rings is 2. The Kier molecular flexibility index (Phi) is 2.22. The number of fused-ring (bicyclic) bond motifs is 2. The number of nitrogen functional groups attached to an aromatic ring is 1. The van der Waals surface area contributed by atoms with E-state index in [0.29, 0.717) is 0 Å². The van der Waals surface area contributed by atoms with E-state index in [9.17, 15) is 0 Å². The summed E-state index contributed by atoms with van der Waals surface area (Å²) in [5.74, 6) is 0. The molecule has 0 spiro atoms. The zero-order valence-electron chi connectivity index (χ0n) is 9.77. The van der Waals surface area contributed by atoms with Gasteiger partial charge in [-0.15, -0.1) is 0 Å². The van der Waals surface area contributed by atoms with Gasteiger partial charge in [0.2, 0.25) is 0 Å². The van der Waals surface area contributed by atoms with Crippen LogP contribution in [0.2, 0.25) is 0 Å². The molecule has 3 rings (SSSR count). The maximum Gasteiger partial charge on any atom is 0.0712 e. The Hall–Kier alpha value is -2.09. The zero-order chi connectivity index (χ0) is 11.8. The minimum Gasteiger partial charge on any atom is -0.399 e. The van der Waals surface area contributed by atoms with Crippen LogP contribution >= 0.6 is 0 Å². The molecule has 2 nitrogen and oxygen atoms in total. The van der Waals surface area contributed by atoms with Crippen LogP contribution in [0.5, 0.6) is 0 Å². The van der Waals surface area contributed by atoms with E-state index in [-0.39, 0.29) is 0 Å². The Labute approximate surface area is 100 Å². The number of hydrogen-bond acceptors (Lipinski definition) is 2. The Morgan fingerprint density at radius 3 is 2.65 bits per heavy atom. The van der Waals surface area contributed by atoms with Gasteiger partial charge in [0.1, 0.15) is 0 Å². The van der Waals surface area contributed by atoms with Crippen molar-refractivity contribution in [3.63, 3.8) is 0 Å². The molecule has 1 heterocycles. The number of hydrogen-bond donors (Lipinski definition) is 1. The quantitative estimate of drug-likeness (QED) is 0.505. The third-order valence-electron chi connectivity index (χ3n) is 3.11. The number of aryl methyl sites for hydroxylation is 1. The van der Waals surface area contributed by atoms with E-state index in [1.54, 1.807) is 0 Å². The molecule has 2 N–H and O–H groups in total. The number of rotatable bonds is 1. The van der Waals surface area contributed by atoms with Gasteiger partial charge in [-0.2, -0.15) is 0 Å². The van der Waals surface area contributed by atoms with E-state index in [1.165, 1.54) is 10.9 Å². The van der Waals surface area contributed by atoms with Crippen LogP contribution in [0.3, 0.4) is 0 Å². The summed E-state index contributed by atoms with van der Waals surface area (Å²) in [4.78, 5) is 4.67. The number of nitrogens with zero attached hydrogens (tertiary/aromatic N) is 1. The first-order chi connectivity index (χ1) is 8.26. The van der Waals surface area contributed by atoms with E-state index >= 15 is 0 Å². The lowest BCUT2D eigenvalue weighted by molar-refractivity contribution is 1.14. The molecule has 0 saturated heterocycles. The lowest BCUT2D eigenvalue weighted by Gasteiger charge is -2.04. The fourth-order valence-corrected chi connectivity index (χ4v) is 2.12. The van der Waals surface area contributed by atoms with Crippen molar-refractivity contribution < 1.29 is 0 Å². The fraction of sp³-hybridized carbons (Fsp3) is 0.133. The van der Waals surface area contributed by atoms with E-state index in [2.05, 4.69) is 36.2 Å². The molecule has 0 saturated carbocycles. The van der Waals surface area contributed by atoms with Crippen LogP contribution < -0.4 is 5.73 Å². The smallest absolute Gasteiger partial charge is 0.0712 e. The van der Waals surface area contributed by atoms with Crippen molar-refractivity contribution in [2.75, 3.05) is 5.73 Å². The number of nitrogens with two attached hydrogens (primary N) is 1. The molecule has 0 aliphatic rings. The van der Waals surface area contributed by atoms with Gasteiger partial charge in [0.15, 0.2) is 0 Å². The first kappa shape index (κ1) is 10.1. The van der Waals surface area contributed by atoms with Crippen LogP contribution in [-0.4, -0.2) is 4.98 Å². The van der Waals surface area contributed by atoms with E-state index in [0.717, 1.165) is 28.5 Å². The molecule has 2 heteroatoms. The molecule has 84 valence electrons. The van der Waals surface area contributed by atoms with Gasteiger partial charge in [-0.1, -0.05) is 19.1 Å². The molecule has 0 aliphatic carbocycles. The van der Waals surface area contributed by atoms with Crippen LogP contribution in [0.1, 0.15) is 12.5 Å². The van der Waals surface area contributed by atoms with Crippen molar-refractivity contribution in [1.29, 1.82) is 0 Å². The lowest BCUT2D eigenvalue weighted by atomic mass is 10.1. The highest BCUT2D eigenvalue weighted by atomic mass is 14.7. The summed E-state index contributed by atoms with van der Waals surface area (Å²) >= 11 is 0. The van der Waals surface area contributed by atoms with Crippen molar-refractivity contribution in [3.8, 4) is 0 Å². The maximum atomic E-state index is 5.79. The predicted octanol–water partition coefficient (Wildman–Crippen LogP) is 3.53. The summed E-state index contributed by atoms with van der Waals surface area (Å²) in [5, 5.41) is 2.27. The van der Waals surface area contributed by atoms with Gasteiger partial charge in [0, 0.05) is 16.5 Å². The van der Waals surface area contributed by atoms with Gasteiger partial charge >= 0.3 is 0 Å². The molecular weight excluding hydrogens is 208 g/mol. The normalized spacial score (nSPS) is 11.1. The topological polar surface area (TPSA) is 38.9 Å². The Morgan fingerprint density at radius 2 is 1.82 bits per heavy atom. The first-order valence-electron chi connectivity index (χ1n) is 5.85. The Bertz CT molecular complexity index is 702. The van der Waals surface area contributed by atoms with Crippen molar-refractivity contribution in [3.05, 3.63) is 48.0 Å². The molecule has 1 aromatic heterocycles. The minimum atomic E-state index is 0.781.